The maximum absolute atomic E-state index is 11.6. The van der Waals surface area contributed by atoms with Gasteiger partial charge >= 0.3 is 5.97 Å². The number of nitrogens with two attached hydrogens (primary N) is 1. The van der Waals surface area contributed by atoms with Gasteiger partial charge in [0.15, 0.2) is 0 Å². The number of nitrogens with zero attached hydrogens (tertiary/aromatic N) is 1. The van der Waals surface area contributed by atoms with E-state index < -0.39 is 11.9 Å². The lowest BCUT2D eigenvalue weighted by atomic mass is 10.0. The number of amides is 1. The molecule has 1 heterocycles. The summed E-state index contributed by atoms with van der Waals surface area (Å²) in [6, 6.07) is -0.321. The van der Waals surface area contributed by atoms with Crippen LogP contribution in [-0.4, -0.2) is 54.7 Å². The van der Waals surface area contributed by atoms with E-state index in [1.165, 1.54) is 7.05 Å². The molecule has 0 aromatic heterocycles. The zero-order valence-corrected chi connectivity index (χ0v) is 7.97. The predicted molar refractivity (Wildman–Crippen MR) is 47.6 cm³/mol. The Morgan fingerprint density at radius 2 is 2.21 bits per heavy atom. The van der Waals surface area contributed by atoms with E-state index in [4.69, 9.17) is 15.6 Å². The average molecular weight is 202 g/mol. The van der Waals surface area contributed by atoms with Crippen LogP contribution in [0, 0.1) is 5.92 Å². The lowest BCUT2D eigenvalue weighted by Gasteiger charge is -2.20. The van der Waals surface area contributed by atoms with Gasteiger partial charge in [-0.15, -0.1) is 0 Å². The van der Waals surface area contributed by atoms with Crippen molar-refractivity contribution < 1.29 is 19.4 Å². The predicted octanol–water partition coefficient (Wildman–Crippen LogP) is -1.50. The summed E-state index contributed by atoms with van der Waals surface area (Å²) in [4.78, 5) is 23.1. The van der Waals surface area contributed by atoms with Gasteiger partial charge in [0.1, 0.15) is 6.54 Å². The average Bonchev–Trinajstić information content (AvgIpc) is 2.48. The van der Waals surface area contributed by atoms with Crippen LogP contribution in [0.2, 0.25) is 0 Å². The molecule has 80 valence electrons. The molecule has 2 atom stereocenters. The van der Waals surface area contributed by atoms with Crippen LogP contribution in [0.25, 0.3) is 0 Å². The Morgan fingerprint density at radius 3 is 2.64 bits per heavy atom. The molecule has 2 unspecified atom stereocenters. The standard InChI is InChI=1S/C8H14N2O4/c1-10(2-7(11)12)8(13)5-3-14-4-6(5)9/h5-6H,2-4,9H2,1H3,(H,11,12). The molecule has 14 heavy (non-hydrogen) atoms. The first-order chi connectivity index (χ1) is 6.52. The van der Waals surface area contributed by atoms with Crippen molar-refractivity contribution in [3.05, 3.63) is 0 Å². The lowest BCUT2D eigenvalue weighted by molar-refractivity contribution is -0.145. The molecule has 1 aliphatic rings. The topological polar surface area (TPSA) is 92.9 Å². The number of carbonyl (C=O) groups excluding carboxylic acids is 1. The summed E-state index contributed by atoms with van der Waals surface area (Å²) in [6.07, 6.45) is 0. The molecule has 0 aromatic rings. The highest BCUT2D eigenvalue weighted by atomic mass is 16.5. The largest absolute Gasteiger partial charge is 0.480 e. The number of carbonyl (C=O) groups is 2. The summed E-state index contributed by atoms with van der Waals surface area (Å²) in [5, 5.41) is 8.49. The second-order valence-corrected chi connectivity index (χ2v) is 3.40. The van der Waals surface area contributed by atoms with Crippen molar-refractivity contribution in [3.63, 3.8) is 0 Å². The molecule has 0 spiro atoms. The first-order valence-electron chi connectivity index (χ1n) is 4.32. The molecule has 0 saturated carbocycles. The second kappa shape index (κ2) is 4.39. The Balaban J connectivity index is 2.51. The van der Waals surface area contributed by atoms with Crippen molar-refractivity contribution in [2.24, 2.45) is 11.7 Å². The quantitative estimate of drug-likeness (QED) is 0.581. The smallest absolute Gasteiger partial charge is 0.323 e. The zero-order valence-electron chi connectivity index (χ0n) is 7.97. The Labute approximate surface area is 81.6 Å². The molecule has 1 rings (SSSR count). The molecule has 0 aromatic carbocycles. The summed E-state index contributed by atoms with van der Waals surface area (Å²) >= 11 is 0. The van der Waals surface area contributed by atoms with E-state index in [2.05, 4.69) is 0 Å². The minimum Gasteiger partial charge on any atom is -0.480 e. The summed E-state index contributed by atoms with van der Waals surface area (Å²) in [7, 11) is 1.45. The molecule has 0 aliphatic carbocycles. The van der Waals surface area contributed by atoms with Gasteiger partial charge in [-0.1, -0.05) is 0 Å². The van der Waals surface area contributed by atoms with E-state index in [1.807, 2.05) is 0 Å². The molecule has 6 nitrogen and oxygen atoms in total. The minimum atomic E-state index is -1.03. The van der Waals surface area contributed by atoms with Gasteiger partial charge < -0.3 is 20.5 Å². The van der Waals surface area contributed by atoms with Gasteiger partial charge in [0.05, 0.1) is 19.1 Å². The molecule has 3 N–H and O–H groups in total. The maximum atomic E-state index is 11.6. The number of carboxylic acid groups (broad SMARTS) is 1. The highest BCUT2D eigenvalue weighted by molar-refractivity contribution is 5.83. The molecule has 1 amide bonds. The summed E-state index contributed by atoms with van der Waals surface area (Å²) in [5.74, 6) is -1.70. The van der Waals surface area contributed by atoms with Crippen LogP contribution >= 0.6 is 0 Å². The number of aliphatic carboxylic acids is 1. The van der Waals surface area contributed by atoms with Crippen molar-refractivity contribution in [2.45, 2.75) is 6.04 Å². The fraction of sp³-hybridized carbons (Fsp3) is 0.750. The van der Waals surface area contributed by atoms with Gasteiger partial charge in [0, 0.05) is 13.1 Å². The van der Waals surface area contributed by atoms with Crippen LogP contribution in [0.5, 0.6) is 0 Å². The number of hydrogen-bond acceptors (Lipinski definition) is 4. The van der Waals surface area contributed by atoms with Gasteiger partial charge in [0.25, 0.3) is 0 Å². The van der Waals surface area contributed by atoms with Gasteiger partial charge in [-0.05, 0) is 0 Å². The normalized spacial score (nSPS) is 26.1. The Bertz CT molecular complexity index is 243. The third-order valence-electron chi connectivity index (χ3n) is 2.19. The van der Waals surface area contributed by atoms with Gasteiger partial charge in [-0.3, -0.25) is 9.59 Å². The number of likely N-dealkylation sites (N-methyl/N-ethyl adjacent to an activating group) is 1. The van der Waals surface area contributed by atoms with Gasteiger partial charge in [-0.2, -0.15) is 0 Å². The Morgan fingerprint density at radius 1 is 1.57 bits per heavy atom. The van der Waals surface area contributed by atoms with E-state index in [-0.39, 0.29) is 25.1 Å². The van der Waals surface area contributed by atoms with E-state index in [0.717, 1.165) is 4.90 Å². The van der Waals surface area contributed by atoms with Crippen molar-refractivity contribution in [1.29, 1.82) is 0 Å². The molecule has 1 saturated heterocycles. The lowest BCUT2D eigenvalue weighted by Crippen LogP contribution is -2.43. The van der Waals surface area contributed by atoms with Crippen LogP contribution in [-0.2, 0) is 14.3 Å². The fourth-order valence-corrected chi connectivity index (χ4v) is 1.39. The third kappa shape index (κ3) is 2.43. The molecule has 1 aliphatic heterocycles. The number of rotatable bonds is 3. The van der Waals surface area contributed by atoms with E-state index >= 15 is 0 Å². The van der Waals surface area contributed by atoms with Gasteiger partial charge in [0.2, 0.25) is 5.91 Å². The van der Waals surface area contributed by atoms with Crippen molar-refractivity contribution in [2.75, 3.05) is 26.8 Å². The highest BCUT2D eigenvalue weighted by Crippen LogP contribution is 2.13. The first kappa shape index (κ1) is 10.9. The van der Waals surface area contributed by atoms with Crippen LogP contribution < -0.4 is 5.73 Å². The van der Waals surface area contributed by atoms with E-state index in [1.54, 1.807) is 0 Å². The van der Waals surface area contributed by atoms with Crippen molar-refractivity contribution >= 4 is 11.9 Å². The fourth-order valence-electron chi connectivity index (χ4n) is 1.39. The first-order valence-corrected chi connectivity index (χ1v) is 4.32. The monoisotopic (exact) mass is 202 g/mol. The molecule has 6 heteroatoms. The van der Waals surface area contributed by atoms with Crippen LogP contribution in [0.1, 0.15) is 0 Å². The highest BCUT2D eigenvalue weighted by Gasteiger charge is 2.33. The molecule has 1 fully saturated rings. The SMILES string of the molecule is CN(CC(=O)O)C(=O)C1COCC1N. The molecule has 0 radical (unpaired) electrons. The van der Waals surface area contributed by atoms with Crippen LogP contribution in [0.15, 0.2) is 0 Å². The Kier molecular flexibility index (Phi) is 3.43. The third-order valence-corrected chi connectivity index (χ3v) is 2.19. The maximum Gasteiger partial charge on any atom is 0.323 e. The van der Waals surface area contributed by atoms with Gasteiger partial charge in [-0.25, -0.2) is 0 Å². The summed E-state index contributed by atoms with van der Waals surface area (Å²) in [5.41, 5.74) is 5.63. The molecular weight excluding hydrogens is 188 g/mol. The number of carboxylic acids is 1. The summed E-state index contributed by atoms with van der Waals surface area (Å²) in [6.45, 7) is 0.337. The van der Waals surface area contributed by atoms with Crippen LogP contribution in [0.3, 0.4) is 0 Å². The Hall–Kier alpha value is -1.14. The molecule has 0 bridgehead atoms. The van der Waals surface area contributed by atoms with Crippen molar-refractivity contribution in [3.8, 4) is 0 Å². The minimum absolute atomic E-state index is 0.266. The van der Waals surface area contributed by atoms with E-state index in [0.29, 0.717) is 6.61 Å². The number of ether oxygens (including phenoxy) is 1. The van der Waals surface area contributed by atoms with Crippen molar-refractivity contribution in [1.82, 2.24) is 4.90 Å². The van der Waals surface area contributed by atoms with Crippen LogP contribution in [0.4, 0.5) is 0 Å². The summed E-state index contributed by atoms with van der Waals surface area (Å²) < 4.78 is 5.03. The second-order valence-electron chi connectivity index (χ2n) is 3.40. The van der Waals surface area contributed by atoms with E-state index in [9.17, 15) is 9.59 Å². The number of hydrogen-bond donors (Lipinski definition) is 2. The molecular formula is C8H14N2O4. The zero-order chi connectivity index (χ0) is 10.7.